The molecule has 1 unspecified atom stereocenters. The third-order valence-corrected chi connectivity index (χ3v) is 5.73. The minimum Gasteiger partial charge on any atom is -0.383 e. The quantitative estimate of drug-likeness (QED) is 0.688. The smallest absolute Gasteiger partial charge is 0.253 e. The molecule has 0 aliphatic carbocycles. The fraction of sp³-hybridized carbons (Fsp3) is 0.524. The molecule has 3 aromatic rings. The lowest BCUT2D eigenvalue weighted by Gasteiger charge is -2.29. The Morgan fingerprint density at radius 3 is 2.76 bits per heavy atom. The summed E-state index contributed by atoms with van der Waals surface area (Å²) in [5.74, 6) is 0.696. The van der Waals surface area contributed by atoms with E-state index < -0.39 is 0 Å². The second kappa shape index (κ2) is 8.84. The fourth-order valence-electron chi connectivity index (χ4n) is 4.20. The van der Waals surface area contributed by atoms with Gasteiger partial charge in [-0.15, -0.1) is 5.10 Å². The number of nitrogens with zero attached hydrogens (tertiary/aromatic N) is 5. The van der Waals surface area contributed by atoms with E-state index >= 15 is 0 Å². The van der Waals surface area contributed by atoms with Crippen LogP contribution in [0, 0.1) is 6.92 Å². The Bertz CT molecular complexity index is 1020. The molecule has 154 valence electrons. The average molecular weight is 396 g/mol. The van der Waals surface area contributed by atoms with Crippen molar-refractivity contribution >= 4 is 10.9 Å². The van der Waals surface area contributed by atoms with Gasteiger partial charge in [-0.25, -0.2) is 4.68 Å². The molecule has 0 radical (unpaired) electrons. The maximum absolute atomic E-state index is 13.2. The highest BCUT2D eigenvalue weighted by atomic mass is 16.5. The van der Waals surface area contributed by atoms with Gasteiger partial charge in [-0.1, -0.05) is 31.0 Å². The van der Waals surface area contributed by atoms with Crippen LogP contribution in [-0.2, 0) is 11.3 Å². The Balaban J connectivity index is 1.84. The molecular weight excluding hydrogens is 368 g/mol. The van der Waals surface area contributed by atoms with Crippen molar-refractivity contribution in [2.75, 3.05) is 26.8 Å². The maximum Gasteiger partial charge on any atom is 0.253 e. The van der Waals surface area contributed by atoms with Gasteiger partial charge in [0.2, 0.25) is 0 Å². The maximum atomic E-state index is 13.2. The minimum absolute atomic E-state index is 0.0812. The molecule has 0 amide bonds. The van der Waals surface area contributed by atoms with Crippen LogP contribution in [0.5, 0.6) is 0 Å². The van der Waals surface area contributed by atoms with E-state index in [2.05, 4.69) is 25.4 Å². The number of likely N-dealkylation sites (tertiary alicyclic amines) is 1. The Labute approximate surface area is 169 Å². The summed E-state index contributed by atoms with van der Waals surface area (Å²) in [6, 6.07) is 7.79. The normalized spacial score (nSPS) is 16.8. The summed E-state index contributed by atoms with van der Waals surface area (Å²) in [7, 11) is 1.66. The summed E-state index contributed by atoms with van der Waals surface area (Å²) in [6.45, 7) is 4.92. The van der Waals surface area contributed by atoms with Gasteiger partial charge in [-0.3, -0.25) is 9.69 Å². The monoisotopic (exact) mass is 396 g/mol. The van der Waals surface area contributed by atoms with Crippen molar-refractivity contribution in [3.05, 3.63) is 51.6 Å². The molecule has 1 aromatic carbocycles. The van der Waals surface area contributed by atoms with Gasteiger partial charge in [0.1, 0.15) is 6.04 Å². The van der Waals surface area contributed by atoms with Crippen LogP contribution in [0.15, 0.2) is 29.1 Å². The van der Waals surface area contributed by atoms with E-state index in [-0.39, 0.29) is 11.6 Å². The SMILES string of the molecule is COCCn1nnnc1C(c1cc2cccc(C)c2[nH]c1=O)N1CCCCCC1. The molecule has 2 aromatic heterocycles. The number of para-hydroxylation sites is 1. The van der Waals surface area contributed by atoms with Gasteiger partial charge in [-0.05, 0) is 60.3 Å². The molecule has 0 bridgehead atoms. The number of hydrogen-bond donors (Lipinski definition) is 1. The third-order valence-electron chi connectivity index (χ3n) is 5.73. The molecule has 0 saturated carbocycles. The minimum atomic E-state index is -0.284. The molecule has 3 heterocycles. The van der Waals surface area contributed by atoms with Gasteiger partial charge < -0.3 is 9.72 Å². The van der Waals surface area contributed by atoms with Crippen molar-refractivity contribution in [3.63, 3.8) is 0 Å². The van der Waals surface area contributed by atoms with Gasteiger partial charge in [0.05, 0.1) is 18.7 Å². The third kappa shape index (κ3) is 4.09. The van der Waals surface area contributed by atoms with E-state index in [4.69, 9.17) is 4.74 Å². The Kier molecular flexibility index (Phi) is 6.01. The Hall–Kier alpha value is -2.58. The number of methoxy groups -OCH3 is 1. The number of pyridine rings is 1. The zero-order valence-electron chi connectivity index (χ0n) is 17.1. The van der Waals surface area contributed by atoms with Crippen molar-refractivity contribution in [2.45, 2.75) is 45.2 Å². The number of fused-ring (bicyclic) bond motifs is 1. The number of aryl methyl sites for hydroxylation is 1. The van der Waals surface area contributed by atoms with E-state index in [1.165, 1.54) is 12.8 Å². The molecule has 1 saturated heterocycles. The number of nitrogens with one attached hydrogen (secondary N) is 1. The summed E-state index contributed by atoms with van der Waals surface area (Å²) in [5, 5.41) is 13.4. The fourth-order valence-corrected chi connectivity index (χ4v) is 4.20. The van der Waals surface area contributed by atoms with Crippen molar-refractivity contribution in [3.8, 4) is 0 Å². The first-order valence-corrected chi connectivity index (χ1v) is 10.3. The zero-order valence-corrected chi connectivity index (χ0v) is 17.1. The lowest BCUT2D eigenvalue weighted by Crippen LogP contribution is -2.36. The first kappa shape index (κ1) is 19.7. The first-order chi connectivity index (χ1) is 14.2. The number of benzene rings is 1. The van der Waals surface area contributed by atoms with Crippen LogP contribution in [0.3, 0.4) is 0 Å². The second-order valence-corrected chi connectivity index (χ2v) is 7.70. The van der Waals surface area contributed by atoms with E-state index in [0.29, 0.717) is 24.5 Å². The van der Waals surface area contributed by atoms with Crippen LogP contribution in [0.2, 0.25) is 0 Å². The van der Waals surface area contributed by atoms with Gasteiger partial charge in [0.15, 0.2) is 5.82 Å². The summed E-state index contributed by atoms with van der Waals surface area (Å²) in [6.07, 6.45) is 4.65. The van der Waals surface area contributed by atoms with Crippen LogP contribution in [0.25, 0.3) is 10.9 Å². The Morgan fingerprint density at radius 1 is 1.21 bits per heavy atom. The van der Waals surface area contributed by atoms with Gasteiger partial charge >= 0.3 is 0 Å². The highest BCUT2D eigenvalue weighted by Crippen LogP contribution is 2.29. The van der Waals surface area contributed by atoms with E-state index in [1.54, 1.807) is 11.8 Å². The van der Waals surface area contributed by atoms with Crippen LogP contribution < -0.4 is 5.56 Å². The molecule has 8 heteroatoms. The van der Waals surface area contributed by atoms with E-state index in [1.807, 2.05) is 31.2 Å². The molecule has 1 fully saturated rings. The highest BCUT2D eigenvalue weighted by Gasteiger charge is 2.30. The van der Waals surface area contributed by atoms with Crippen LogP contribution >= 0.6 is 0 Å². The number of hydrogen-bond acceptors (Lipinski definition) is 6. The van der Waals surface area contributed by atoms with Crippen molar-refractivity contribution in [1.29, 1.82) is 0 Å². The molecule has 1 aliphatic rings. The van der Waals surface area contributed by atoms with Crippen molar-refractivity contribution < 1.29 is 4.74 Å². The standard InChI is InChI=1S/C21H28N6O2/c1-15-8-7-9-16-14-17(21(28)22-18(15)16)19(26-10-5-3-4-6-11-26)20-23-24-25-27(20)12-13-29-2/h7-9,14,19H,3-6,10-13H2,1-2H3,(H,22,28). The van der Waals surface area contributed by atoms with Gasteiger partial charge in [0.25, 0.3) is 5.56 Å². The Morgan fingerprint density at radius 2 is 2.00 bits per heavy atom. The lowest BCUT2D eigenvalue weighted by molar-refractivity contribution is 0.175. The number of aromatic amines is 1. The lowest BCUT2D eigenvalue weighted by atomic mass is 10.0. The number of ether oxygens (including phenoxy) is 1. The molecule has 1 atom stereocenters. The number of tetrazole rings is 1. The predicted molar refractivity (Wildman–Crippen MR) is 111 cm³/mol. The number of rotatable bonds is 6. The average Bonchev–Trinajstić information content (AvgIpc) is 3.00. The van der Waals surface area contributed by atoms with E-state index in [0.717, 1.165) is 42.4 Å². The van der Waals surface area contributed by atoms with Crippen molar-refractivity contribution in [1.82, 2.24) is 30.1 Å². The molecular formula is C21H28N6O2. The molecule has 0 spiro atoms. The summed E-state index contributed by atoms with van der Waals surface area (Å²) >= 11 is 0. The topological polar surface area (TPSA) is 88.9 Å². The van der Waals surface area contributed by atoms with Crippen LogP contribution in [0.4, 0.5) is 0 Å². The van der Waals surface area contributed by atoms with Gasteiger partial charge in [0, 0.05) is 12.7 Å². The second-order valence-electron chi connectivity index (χ2n) is 7.70. The number of H-pyrrole nitrogens is 1. The largest absolute Gasteiger partial charge is 0.383 e. The molecule has 29 heavy (non-hydrogen) atoms. The van der Waals surface area contributed by atoms with Crippen molar-refractivity contribution in [2.24, 2.45) is 0 Å². The summed E-state index contributed by atoms with van der Waals surface area (Å²) < 4.78 is 6.98. The highest BCUT2D eigenvalue weighted by molar-refractivity contribution is 5.82. The zero-order chi connectivity index (χ0) is 20.2. The molecule has 8 nitrogen and oxygen atoms in total. The van der Waals surface area contributed by atoms with Crippen LogP contribution in [0.1, 0.15) is 48.7 Å². The molecule has 1 aliphatic heterocycles. The van der Waals surface area contributed by atoms with Crippen LogP contribution in [-0.4, -0.2) is 56.9 Å². The number of aromatic nitrogens is 5. The molecule has 4 rings (SSSR count). The van der Waals surface area contributed by atoms with Gasteiger partial charge in [-0.2, -0.15) is 0 Å². The first-order valence-electron chi connectivity index (χ1n) is 10.3. The molecule has 1 N–H and O–H groups in total. The summed E-state index contributed by atoms with van der Waals surface area (Å²) in [5.41, 5.74) is 2.55. The van der Waals surface area contributed by atoms with E-state index in [9.17, 15) is 4.79 Å². The predicted octanol–water partition coefficient (Wildman–Crippen LogP) is 2.43. The summed E-state index contributed by atoms with van der Waals surface area (Å²) in [4.78, 5) is 18.6.